The van der Waals surface area contributed by atoms with E-state index in [2.05, 4.69) is 33.2 Å². The third kappa shape index (κ3) is 2.87. The van der Waals surface area contributed by atoms with Crippen LogP contribution in [0.2, 0.25) is 0 Å². The van der Waals surface area contributed by atoms with Gasteiger partial charge in [-0.3, -0.25) is 14.8 Å². The summed E-state index contributed by atoms with van der Waals surface area (Å²) < 4.78 is 1.58. The lowest BCUT2D eigenvalue weighted by Gasteiger charge is -2.26. The molecular formula is C19H22N4O. The predicted molar refractivity (Wildman–Crippen MR) is 94.4 cm³/mol. The molecule has 0 aromatic carbocycles. The first-order valence-corrected chi connectivity index (χ1v) is 8.55. The number of rotatable bonds is 3. The number of H-pyrrole nitrogens is 1. The molecule has 4 rings (SSSR count). The van der Waals surface area contributed by atoms with Gasteiger partial charge in [0.15, 0.2) is 5.82 Å². The Kier molecular flexibility index (Phi) is 3.94. The maximum absolute atomic E-state index is 12.8. The Labute approximate surface area is 141 Å². The summed E-state index contributed by atoms with van der Waals surface area (Å²) in [5, 5.41) is 3.26. The van der Waals surface area contributed by atoms with E-state index in [-0.39, 0.29) is 5.56 Å². The van der Waals surface area contributed by atoms with E-state index >= 15 is 0 Å². The van der Waals surface area contributed by atoms with Crippen LogP contribution in [0.25, 0.3) is 5.82 Å². The lowest BCUT2D eigenvalue weighted by atomic mass is 10.0. The number of fused-ring (bicyclic) bond motifs is 1. The van der Waals surface area contributed by atoms with Crippen LogP contribution in [0.3, 0.4) is 0 Å². The highest BCUT2D eigenvalue weighted by Crippen LogP contribution is 2.18. The second kappa shape index (κ2) is 6.24. The summed E-state index contributed by atoms with van der Waals surface area (Å²) in [6.07, 6.45) is 9.89. The van der Waals surface area contributed by atoms with Gasteiger partial charge in [0, 0.05) is 37.4 Å². The average Bonchev–Trinajstić information content (AvgIpc) is 2.93. The van der Waals surface area contributed by atoms with Crippen molar-refractivity contribution in [2.75, 3.05) is 13.1 Å². The largest absolute Gasteiger partial charge is 0.294 e. The Balaban J connectivity index is 1.59. The quantitative estimate of drug-likeness (QED) is 0.944. The number of nitrogens with zero attached hydrogens (tertiary/aromatic N) is 3. The minimum absolute atomic E-state index is 0.0287. The van der Waals surface area contributed by atoms with Gasteiger partial charge in [-0.2, -0.15) is 0 Å². The minimum atomic E-state index is 0.0287. The van der Waals surface area contributed by atoms with Crippen molar-refractivity contribution in [1.82, 2.24) is 19.7 Å². The first-order chi connectivity index (χ1) is 11.7. The van der Waals surface area contributed by atoms with Gasteiger partial charge in [-0.05, 0) is 37.5 Å². The summed E-state index contributed by atoms with van der Waals surface area (Å²) in [4.78, 5) is 19.6. The van der Waals surface area contributed by atoms with Crippen molar-refractivity contribution >= 4 is 0 Å². The third-order valence-electron chi connectivity index (χ3n) is 4.71. The molecule has 0 saturated carbocycles. The van der Waals surface area contributed by atoms with E-state index in [0.717, 1.165) is 49.3 Å². The molecule has 1 aliphatic heterocycles. The van der Waals surface area contributed by atoms with Gasteiger partial charge in [0.05, 0.1) is 5.56 Å². The van der Waals surface area contributed by atoms with Crippen LogP contribution in [0, 0.1) is 6.92 Å². The van der Waals surface area contributed by atoms with Crippen LogP contribution in [0.4, 0.5) is 0 Å². The van der Waals surface area contributed by atoms with E-state index in [1.807, 2.05) is 25.1 Å². The minimum Gasteiger partial charge on any atom is -0.294 e. The number of allylic oxidation sites excluding steroid dienone is 2. The highest BCUT2D eigenvalue weighted by Gasteiger charge is 2.23. The van der Waals surface area contributed by atoms with Crippen LogP contribution in [0.5, 0.6) is 0 Å². The third-order valence-corrected chi connectivity index (χ3v) is 4.71. The first kappa shape index (κ1) is 15.1. The maximum atomic E-state index is 12.8. The zero-order valence-electron chi connectivity index (χ0n) is 14.0. The van der Waals surface area contributed by atoms with Gasteiger partial charge in [0.2, 0.25) is 0 Å². The van der Waals surface area contributed by atoms with Gasteiger partial charge in [-0.15, -0.1) is 0 Å². The van der Waals surface area contributed by atoms with E-state index in [1.165, 1.54) is 5.57 Å². The summed E-state index contributed by atoms with van der Waals surface area (Å²) in [7, 11) is 0. The van der Waals surface area contributed by atoms with Crippen LogP contribution in [-0.2, 0) is 13.0 Å². The number of nitrogens with one attached hydrogen (secondary N) is 1. The van der Waals surface area contributed by atoms with E-state index in [1.54, 1.807) is 4.68 Å². The van der Waals surface area contributed by atoms with Gasteiger partial charge in [0.25, 0.3) is 5.56 Å². The summed E-state index contributed by atoms with van der Waals surface area (Å²) in [6, 6.07) is 5.73. The molecule has 0 fully saturated rings. The number of aromatic nitrogens is 3. The molecule has 2 aromatic heterocycles. The van der Waals surface area contributed by atoms with Gasteiger partial charge >= 0.3 is 0 Å². The smallest absolute Gasteiger partial charge is 0.277 e. The van der Waals surface area contributed by atoms with Gasteiger partial charge in [0.1, 0.15) is 0 Å². The molecule has 124 valence electrons. The molecule has 2 aromatic rings. The highest BCUT2D eigenvalue weighted by atomic mass is 16.1. The SMILES string of the molecule is Cc1cccc(-n2[nH]c3c(c2=O)CN(CC2=CCCC=C2)CC3)n1. The topological polar surface area (TPSA) is 53.9 Å². The molecule has 5 heteroatoms. The number of pyridine rings is 1. The molecule has 0 unspecified atom stereocenters. The van der Waals surface area contributed by atoms with Crippen molar-refractivity contribution in [3.8, 4) is 5.82 Å². The molecule has 3 heterocycles. The van der Waals surface area contributed by atoms with Crippen LogP contribution < -0.4 is 5.56 Å². The summed E-state index contributed by atoms with van der Waals surface area (Å²) in [5.74, 6) is 0.666. The number of hydrogen-bond acceptors (Lipinski definition) is 3. The molecule has 0 saturated heterocycles. The van der Waals surface area contributed by atoms with Crippen molar-refractivity contribution in [2.24, 2.45) is 0 Å². The number of aryl methyl sites for hydroxylation is 1. The zero-order chi connectivity index (χ0) is 16.5. The fourth-order valence-corrected chi connectivity index (χ4v) is 3.45. The van der Waals surface area contributed by atoms with Crippen molar-refractivity contribution in [2.45, 2.75) is 32.7 Å². The van der Waals surface area contributed by atoms with Gasteiger partial charge < -0.3 is 0 Å². The van der Waals surface area contributed by atoms with Crippen LogP contribution in [0.1, 0.15) is 29.8 Å². The molecule has 0 amide bonds. The van der Waals surface area contributed by atoms with E-state index < -0.39 is 0 Å². The summed E-state index contributed by atoms with van der Waals surface area (Å²) in [6.45, 7) is 4.53. The number of hydrogen-bond donors (Lipinski definition) is 1. The molecule has 0 atom stereocenters. The Bertz CT molecular complexity index is 872. The lowest BCUT2D eigenvalue weighted by molar-refractivity contribution is 0.275. The van der Waals surface area contributed by atoms with Crippen LogP contribution in [-0.4, -0.2) is 32.8 Å². The van der Waals surface area contributed by atoms with E-state index in [9.17, 15) is 4.79 Å². The van der Waals surface area contributed by atoms with Crippen molar-refractivity contribution in [1.29, 1.82) is 0 Å². The normalized spacial score (nSPS) is 17.6. The Morgan fingerprint density at radius 3 is 3.00 bits per heavy atom. The lowest BCUT2D eigenvalue weighted by Crippen LogP contribution is -2.34. The molecule has 5 nitrogen and oxygen atoms in total. The zero-order valence-corrected chi connectivity index (χ0v) is 14.0. The van der Waals surface area contributed by atoms with Crippen molar-refractivity contribution in [3.05, 3.63) is 69.3 Å². The van der Waals surface area contributed by atoms with E-state index in [0.29, 0.717) is 12.4 Å². The molecule has 0 radical (unpaired) electrons. The summed E-state index contributed by atoms with van der Waals surface area (Å²) in [5.41, 5.74) is 4.23. The molecule has 0 bridgehead atoms. The molecule has 1 aliphatic carbocycles. The van der Waals surface area contributed by atoms with Crippen LogP contribution >= 0.6 is 0 Å². The fourth-order valence-electron chi connectivity index (χ4n) is 3.45. The van der Waals surface area contributed by atoms with Gasteiger partial charge in [-0.25, -0.2) is 9.67 Å². The van der Waals surface area contributed by atoms with E-state index in [4.69, 9.17) is 0 Å². The van der Waals surface area contributed by atoms with Crippen LogP contribution in [0.15, 0.2) is 46.8 Å². The monoisotopic (exact) mass is 322 g/mol. The second-order valence-corrected chi connectivity index (χ2v) is 6.57. The molecular weight excluding hydrogens is 300 g/mol. The molecule has 24 heavy (non-hydrogen) atoms. The van der Waals surface area contributed by atoms with Gasteiger partial charge in [-0.1, -0.05) is 24.3 Å². The maximum Gasteiger partial charge on any atom is 0.277 e. The molecule has 1 N–H and O–H groups in total. The van der Waals surface area contributed by atoms with Crippen molar-refractivity contribution < 1.29 is 0 Å². The predicted octanol–water partition coefficient (Wildman–Crippen LogP) is 2.50. The Morgan fingerprint density at radius 2 is 2.21 bits per heavy atom. The highest BCUT2D eigenvalue weighted by molar-refractivity contribution is 5.30. The fraction of sp³-hybridized carbons (Fsp3) is 0.368. The van der Waals surface area contributed by atoms with Crippen molar-refractivity contribution in [3.63, 3.8) is 0 Å². The first-order valence-electron chi connectivity index (χ1n) is 8.55. The second-order valence-electron chi connectivity index (χ2n) is 6.57. The Hall–Kier alpha value is -2.40. The Morgan fingerprint density at radius 1 is 1.29 bits per heavy atom. The average molecular weight is 322 g/mol. The summed E-state index contributed by atoms with van der Waals surface area (Å²) >= 11 is 0. The molecule has 2 aliphatic rings. The number of aromatic amines is 1. The molecule has 0 spiro atoms. The standard InChI is InChI=1S/C19H22N4O/c1-14-6-5-9-18(20-14)23-19(24)16-13-22(11-10-17(16)21-23)12-15-7-3-2-4-8-15/h3,5-9,21H,2,4,10-13H2,1H3.